The summed E-state index contributed by atoms with van der Waals surface area (Å²) < 4.78 is 4.94. The normalized spacial score (nSPS) is 10.7. The molecular formula is C9H11BrN4. The Bertz CT molecular complexity index is 418. The molecule has 14 heavy (non-hydrogen) atoms. The van der Waals surface area contributed by atoms with E-state index in [9.17, 15) is 0 Å². The van der Waals surface area contributed by atoms with Crippen LogP contribution in [0.25, 0.3) is 0 Å². The van der Waals surface area contributed by atoms with E-state index in [2.05, 4.69) is 26.0 Å². The van der Waals surface area contributed by atoms with Crippen LogP contribution in [0.1, 0.15) is 5.82 Å². The first-order valence-corrected chi connectivity index (χ1v) is 5.19. The third-order valence-corrected chi connectivity index (χ3v) is 2.50. The molecule has 0 aliphatic rings. The second kappa shape index (κ2) is 3.96. The van der Waals surface area contributed by atoms with Crippen LogP contribution in [0, 0.1) is 0 Å². The fraction of sp³-hybridized carbons (Fsp3) is 0.333. The van der Waals surface area contributed by atoms with Crippen LogP contribution in [0.4, 0.5) is 0 Å². The molecule has 0 aliphatic heterocycles. The van der Waals surface area contributed by atoms with Crippen molar-refractivity contribution in [3.8, 4) is 0 Å². The van der Waals surface area contributed by atoms with Crippen molar-refractivity contribution in [2.75, 3.05) is 0 Å². The van der Waals surface area contributed by atoms with Crippen LogP contribution in [-0.2, 0) is 20.0 Å². The van der Waals surface area contributed by atoms with Gasteiger partial charge in [-0.2, -0.15) is 5.10 Å². The van der Waals surface area contributed by atoms with Crippen LogP contribution < -0.4 is 0 Å². The summed E-state index contributed by atoms with van der Waals surface area (Å²) in [4.78, 5) is 4.25. The fourth-order valence-corrected chi connectivity index (χ4v) is 1.64. The maximum absolute atomic E-state index is 4.25. The van der Waals surface area contributed by atoms with Crippen LogP contribution in [-0.4, -0.2) is 19.3 Å². The Morgan fingerprint density at radius 1 is 1.50 bits per heavy atom. The first-order chi connectivity index (χ1) is 6.75. The summed E-state index contributed by atoms with van der Waals surface area (Å²) >= 11 is 3.36. The van der Waals surface area contributed by atoms with Gasteiger partial charge in [-0.05, 0) is 15.9 Å². The van der Waals surface area contributed by atoms with Gasteiger partial charge in [0.1, 0.15) is 5.82 Å². The van der Waals surface area contributed by atoms with Crippen LogP contribution in [0.3, 0.4) is 0 Å². The topological polar surface area (TPSA) is 35.6 Å². The number of aromatic nitrogens is 4. The Kier molecular flexibility index (Phi) is 2.67. The first kappa shape index (κ1) is 9.45. The number of nitrogens with zero attached hydrogens (tertiary/aromatic N) is 4. The number of rotatable bonds is 3. The van der Waals surface area contributed by atoms with Gasteiger partial charge in [-0.1, -0.05) is 0 Å². The van der Waals surface area contributed by atoms with Crippen LogP contribution in [0.15, 0.2) is 29.3 Å². The first-order valence-electron chi connectivity index (χ1n) is 4.40. The maximum atomic E-state index is 4.25. The van der Waals surface area contributed by atoms with Crippen LogP contribution in [0.5, 0.6) is 0 Å². The molecule has 0 saturated heterocycles. The molecular weight excluding hydrogens is 244 g/mol. The highest BCUT2D eigenvalue weighted by molar-refractivity contribution is 9.10. The summed E-state index contributed by atoms with van der Waals surface area (Å²) in [5.74, 6) is 1.08. The molecule has 0 aliphatic carbocycles. The van der Waals surface area contributed by atoms with Crippen molar-refractivity contribution < 1.29 is 0 Å². The average Bonchev–Trinajstić information content (AvgIpc) is 2.72. The van der Waals surface area contributed by atoms with Gasteiger partial charge in [-0.15, -0.1) is 0 Å². The second-order valence-corrected chi connectivity index (χ2v) is 4.04. The maximum Gasteiger partial charge on any atom is 0.110 e. The molecule has 2 aromatic heterocycles. The standard InChI is InChI=1S/C9H11BrN4/c1-13-5-3-11-9(13)2-4-14-7-8(10)6-12-14/h3,5-7H,2,4H2,1H3. The number of aryl methyl sites for hydroxylation is 3. The van der Waals surface area contributed by atoms with E-state index >= 15 is 0 Å². The molecule has 0 unspecified atom stereocenters. The molecule has 0 amide bonds. The zero-order chi connectivity index (χ0) is 9.97. The van der Waals surface area contributed by atoms with E-state index in [1.54, 1.807) is 6.20 Å². The summed E-state index contributed by atoms with van der Waals surface area (Å²) in [6.45, 7) is 0.858. The Balaban J connectivity index is 1.98. The molecule has 2 aromatic rings. The molecule has 0 radical (unpaired) electrons. The molecule has 0 spiro atoms. The highest BCUT2D eigenvalue weighted by Gasteiger charge is 2.00. The molecule has 0 fully saturated rings. The summed E-state index contributed by atoms with van der Waals surface area (Å²) in [5.41, 5.74) is 0. The zero-order valence-corrected chi connectivity index (χ0v) is 9.48. The number of hydrogen-bond acceptors (Lipinski definition) is 2. The predicted octanol–water partition coefficient (Wildman–Crippen LogP) is 1.62. The lowest BCUT2D eigenvalue weighted by molar-refractivity contribution is 0.589. The molecule has 0 atom stereocenters. The van der Waals surface area contributed by atoms with Crippen molar-refractivity contribution in [2.45, 2.75) is 13.0 Å². The minimum absolute atomic E-state index is 0.858. The molecule has 5 heteroatoms. The Morgan fingerprint density at radius 2 is 2.36 bits per heavy atom. The lowest BCUT2D eigenvalue weighted by atomic mass is 10.4. The lowest BCUT2D eigenvalue weighted by Gasteiger charge is -2.01. The third kappa shape index (κ3) is 2.04. The quantitative estimate of drug-likeness (QED) is 0.835. The molecule has 0 aromatic carbocycles. The van der Waals surface area contributed by atoms with Gasteiger partial charge in [0, 0.05) is 38.6 Å². The second-order valence-electron chi connectivity index (χ2n) is 3.13. The van der Waals surface area contributed by atoms with Crippen LogP contribution >= 0.6 is 15.9 Å². The molecule has 0 N–H and O–H groups in total. The van der Waals surface area contributed by atoms with E-state index in [4.69, 9.17) is 0 Å². The zero-order valence-electron chi connectivity index (χ0n) is 7.89. The minimum atomic E-state index is 0.858. The van der Waals surface area contributed by atoms with E-state index < -0.39 is 0 Å². The molecule has 0 bridgehead atoms. The number of hydrogen-bond donors (Lipinski definition) is 0. The minimum Gasteiger partial charge on any atom is -0.338 e. The predicted molar refractivity (Wildman–Crippen MR) is 56.8 cm³/mol. The van der Waals surface area contributed by atoms with Gasteiger partial charge in [-0.3, -0.25) is 4.68 Å². The Labute approximate surface area is 90.7 Å². The van der Waals surface area contributed by atoms with E-state index in [1.807, 2.05) is 34.9 Å². The molecule has 74 valence electrons. The summed E-state index contributed by atoms with van der Waals surface area (Å²) in [6.07, 6.45) is 8.42. The van der Waals surface area contributed by atoms with Crippen molar-refractivity contribution in [3.05, 3.63) is 35.1 Å². The van der Waals surface area contributed by atoms with E-state index in [0.29, 0.717) is 0 Å². The molecule has 2 rings (SSSR count). The van der Waals surface area contributed by atoms with Crippen LogP contribution in [0.2, 0.25) is 0 Å². The monoisotopic (exact) mass is 254 g/mol. The number of imidazole rings is 1. The van der Waals surface area contributed by atoms with Gasteiger partial charge in [0.15, 0.2) is 0 Å². The lowest BCUT2D eigenvalue weighted by Crippen LogP contribution is -2.05. The fourth-order valence-electron chi connectivity index (χ4n) is 1.31. The van der Waals surface area contributed by atoms with Crippen molar-refractivity contribution in [2.24, 2.45) is 7.05 Å². The van der Waals surface area contributed by atoms with Gasteiger partial charge >= 0.3 is 0 Å². The SMILES string of the molecule is Cn1ccnc1CCn1cc(Br)cn1. The summed E-state index contributed by atoms with van der Waals surface area (Å²) in [6, 6.07) is 0. The van der Waals surface area contributed by atoms with Gasteiger partial charge in [0.2, 0.25) is 0 Å². The molecule has 2 heterocycles. The van der Waals surface area contributed by atoms with Gasteiger partial charge < -0.3 is 4.57 Å². The van der Waals surface area contributed by atoms with Gasteiger partial charge in [-0.25, -0.2) is 4.98 Å². The largest absolute Gasteiger partial charge is 0.338 e. The molecule has 0 saturated carbocycles. The molecule has 4 nitrogen and oxygen atoms in total. The highest BCUT2D eigenvalue weighted by Crippen LogP contribution is 2.06. The van der Waals surface area contributed by atoms with E-state index in [0.717, 1.165) is 23.3 Å². The van der Waals surface area contributed by atoms with E-state index in [-0.39, 0.29) is 0 Å². The van der Waals surface area contributed by atoms with E-state index in [1.165, 1.54) is 0 Å². The summed E-state index contributed by atoms with van der Waals surface area (Å²) in [7, 11) is 2.00. The van der Waals surface area contributed by atoms with Crippen molar-refractivity contribution >= 4 is 15.9 Å². The highest BCUT2D eigenvalue weighted by atomic mass is 79.9. The Hall–Kier alpha value is -1.10. The number of halogens is 1. The Morgan fingerprint density at radius 3 is 2.93 bits per heavy atom. The smallest absolute Gasteiger partial charge is 0.110 e. The average molecular weight is 255 g/mol. The van der Waals surface area contributed by atoms with Crippen molar-refractivity contribution in [3.63, 3.8) is 0 Å². The van der Waals surface area contributed by atoms with Gasteiger partial charge in [0.25, 0.3) is 0 Å². The third-order valence-electron chi connectivity index (χ3n) is 2.09. The van der Waals surface area contributed by atoms with Gasteiger partial charge in [0.05, 0.1) is 10.7 Å². The van der Waals surface area contributed by atoms with Crippen molar-refractivity contribution in [1.82, 2.24) is 19.3 Å². The summed E-state index contributed by atoms with van der Waals surface area (Å²) in [5, 5.41) is 4.18. The van der Waals surface area contributed by atoms with Crippen molar-refractivity contribution in [1.29, 1.82) is 0 Å².